The molecule has 0 radical (unpaired) electrons. The number of methoxy groups -OCH3 is 1. The van der Waals surface area contributed by atoms with Gasteiger partial charge in [-0.05, 0) is 12.1 Å². The van der Waals surface area contributed by atoms with Gasteiger partial charge in [0.25, 0.3) is 0 Å². The molecule has 0 aliphatic carbocycles. The molecule has 0 aromatic heterocycles. The molecule has 1 atom stereocenters. The third-order valence-corrected chi connectivity index (χ3v) is 1.29. The van der Waals surface area contributed by atoms with Crippen LogP contribution in [-0.4, -0.2) is 15.9 Å². The Morgan fingerprint density at radius 3 is 2.53 bits per heavy atom. The van der Waals surface area contributed by atoms with Crippen molar-refractivity contribution in [3.63, 3.8) is 0 Å². The molecular formula is C8H8FN2O3S-. The van der Waals surface area contributed by atoms with Crippen LogP contribution >= 0.6 is 0 Å². The van der Waals surface area contributed by atoms with Gasteiger partial charge in [-0.3, -0.25) is 9.35 Å². The molecule has 0 fully saturated rings. The van der Waals surface area contributed by atoms with Gasteiger partial charge >= 0.3 is 0 Å². The van der Waals surface area contributed by atoms with E-state index in [0.29, 0.717) is 0 Å². The van der Waals surface area contributed by atoms with E-state index in [2.05, 4.69) is 9.88 Å². The molecule has 2 N–H and O–H groups in total. The zero-order valence-corrected chi connectivity index (χ0v) is 8.58. The molecule has 0 amide bonds. The quantitative estimate of drug-likeness (QED) is 0.709. The standard InChI is InChI=1S/C8H6FNO.H3NO2S/c1-11-8-6(5-10)3-2-4-7(8)9;1-4(2)3/h2-4H,1H3;1H2,(H,2,3)/p-1. The van der Waals surface area contributed by atoms with Crippen molar-refractivity contribution in [3.05, 3.63) is 29.6 Å². The van der Waals surface area contributed by atoms with Gasteiger partial charge in [0.1, 0.15) is 6.07 Å². The first-order chi connectivity index (χ1) is 7.02. The molecule has 7 heteroatoms. The Labute approximate surface area is 88.7 Å². The zero-order chi connectivity index (χ0) is 11.8. The molecule has 1 aromatic rings. The summed E-state index contributed by atoms with van der Waals surface area (Å²) in [6.07, 6.45) is 0. The predicted octanol–water partition coefficient (Wildman–Crippen LogP) is 0.445. The first-order valence-electron chi connectivity index (χ1n) is 3.59. The maximum atomic E-state index is 12.8. The van der Waals surface area contributed by atoms with Crippen molar-refractivity contribution in [3.8, 4) is 11.8 Å². The number of halogens is 1. The first-order valence-corrected chi connectivity index (χ1v) is 4.73. The minimum atomic E-state index is -2.36. The SMILES string of the molecule is COc1c(F)cccc1C#N.NS(=O)[O-]. The van der Waals surface area contributed by atoms with Crippen molar-refractivity contribution in [2.45, 2.75) is 0 Å². The van der Waals surface area contributed by atoms with Crippen molar-refractivity contribution < 1.29 is 17.9 Å². The Morgan fingerprint density at radius 2 is 2.20 bits per heavy atom. The molecule has 5 nitrogen and oxygen atoms in total. The molecule has 0 bridgehead atoms. The van der Waals surface area contributed by atoms with Gasteiger partial charge in [0.05, 0.1) is 12.7 Å². The van der Waals surface area contributed by atoms with Crippen LogP contribution in [0.3, 0.4) is 0 Å². The number of rotatable bonds is 1. The largest absolute Gasteiger partial charge is 0.760 e. The first kappa shape index (κ1) is 13.5. The lowest BCUT2D eigenvalue weighted by Gasteiger charge is -2.01. The van der Waals surface area contributed by atoms with Crippen LogP contribution in [0.2, 0.25) is 0 Å². The summed E-state index contributed by atoms with van der Waals surface area (Å²) >= 11 is -2.36. The zero-order valence-electron chi connectivity index (χ0n) is 7.77. The summed E-state index contributed by atoms with van der Waals surface area (Å²) in [7, 11) is 1.33. The van der Waals surface area contributed by atoms with Gasteiger partial charge in [-0.2, -0.15) is 5.26 Å². The fourth-order valence-electron chi connectivity index (χ4n) is 0.804. The van der Waals surface area contributed by atoms with Gasteiger partial charge in [0, 0.05) is 11.3 Å². The summed E-state index contributed by atoms with van der Waals surface area (Å²) in [6, 6.07) is 6.04. The molecular weight excluding hydrogens is 223 g/mol. The van der Waals surface area contributed by atoms with Crippen LogP contribution in [0.4, 0.5) is 4.39 Å². The highest BCUT2D eigenvalue weighted by molar-refractivity contribution is 7.76. The normalized spacial score (nSPS) is 10.6. The Balaban J connectivity index is 0.000000423. The van der Waals surface area contributed by atoms with Gasteiger partial charge < -0.3 is 9.29 Å². The second kappa shape index (κ2) is 6.89. The molecule has 0 heterocycles. The molecule has 0 aliphatic rings. The topological polar surface area (TPSA) is 99.2 Å². The number of nitriles is 1. The van der Waals surface area contributed by atoms with Crippen molar-refractivity contribution in [1.82, 2.24) is 0 Å². The lowest BCUT2D eigenvalue weighted by molar-refractivity contribution is 0.385. The summed E-state index contributed by atoms with van der Waals surface area (Å²) in [5.41, 5.74) is 0.215. The second-order valence-electron chi connectivity index (χ2n) is 2.19. The van der Waals surface area contributed by atoms with Crippen molar-refractivity contribution in [2.24, 2.45) is 5.14 Å². The van der Waals surface area contributed by atoms with E-state index >= 15 is 0 Å². The number of para-hydroxylation sites is 1. The average Bonchev–Trinajstić information content (AvgIpc) is 2.16. The fraction of sp³-hybridized carbons (Fsp3) is 0.125. The van der Waals surface area contributed by atoms with Crippen molar-refractivity contribution in [2.75, 3.05) is 7.11 Å². The van der Waals surface area contributed by atoms with Gasteiger partial charge in [0.2, 0.25) is 0 Å². The number of hydrogen-bond donors (Lipinski definition) is 1. The van der Waals surface area contributed by atoms with Crippen molar-refractivity contribution >= 4 is 11.3 Å². The number of hydrogen-bond acceptors (Lipinski definition) is 4. The Kier molecular flexibility index (Phi) is 6.21. The van der Waals surface area contributed by atoms with Crippen LogP contribution in [0.1, 0.15) is 5.56 Å². The summed E-state index contributed by atoms with van der Waals surface area (Å²) in [4.78, 5) is 0. The van der Waals surface area contributed by atoms with Crippen LogP contribution in [-0.2, 0) is 11.3 Å². The van der Waals surface area contributed by atoms with Gasteiger partial charge in [-0.1, -0.05) is 6.07 Å². The minimum Gasteiger partial charge on any atom is -0.760 e. The van der Waals surface area contributed by atoms with Gasteiger partial charge in [-0.25, -0.2) is 4.39 Å². The summed E-state index contributed by atoms with van der Waals surface area (Å²) in [5.74, 6) is -0.499. The molecule has 0 saturated carbocycles. The number of benzene rings is 1. The van der Waals surface area contributed by atoms with E-state index in [1.54, 1.807) is 0 Å². The third kappa shape index (κ3) is 5.07. The molecule has 0 saturated heterocycles. The van der Waals surface area contributed by atoms with Crippen LogP contribution in [0, 0.1) is 17.1 Å². The monoisotopic (exact) mass is 231 g/mol. The van der Waals surface area contributed by atoms with Crippen LogP contribution < -0.4 is 9.88 Å². The number of ether oxygens (including phenoxy) is 1. The lowest BCUT2D eigenvalue weighted by atomic mass is 10.2. The van der Waals surface area contributed by atoms with Gasteiger partial charge in [-0.15, -0.1) is 0 Å². The van der Waals surface area contributed by atoms with E-state index in [0.717, 1.165) is 0 Å². The molecule has 1 aromatic carbocycles. The molecule has 1 rings (SSSR count). The maximum absolute atomic E-state index is 12.8. The minimum absolute atomic E-state index is 0.00926. The highest BCUT2D eigenvalue weighted by Crippen LogP contribution is 2.20. The summed E-state index contributed by atoms with van der Waals surface area (Å²) in [6.45, 7) is 0. The van der Waals surface area contributed by atoms with Crippen LogP contribution in [0.15, 0.2) is 18.2 Å². The number of nitrogens with two attached hydrogens (primary N) is 1. The lowest BCUT2D eigenvalue weighted by Crippen LogP contribution is -1.97. The van der Waals surface area contributed by atoms with E-state index in [1.807, 2.05) is 6.07 Å². The van der Waals surface area contributed by atoms with Crippen molar-refractivity contribution in [1.29, 1.82) is 5.26 Å². The van der Waals surface area contributed by atoms with E-state index < -0.39 is 17.1 Å². The third-order valence-electron chi connectivity index (χ3n) is 1.29. The Morgan fingerprint density at radius 1 is 1.67 bits per heavy atom. The van der Waals surface area contributed by atoms with Crippen LogP contribution in [0.5, 0.6) is 5.75 Å². The van der Waals surface area contributed by atoms with E-state index in [1.165, 1.54) is 25.3 Å². The summed E-state index contributed by atoms with van der Waals surface area (Å²) in [5, 5.41) is 12.5. The van der Waals surface area contributed by atoms with Crippen LogP contribution in [0.25, 0.3) is 0 Å². The molecule has 1 unspecified atom stereocenters. The molecule has 0 spiro atoms. The molecule has 82 valence electrons. The highest BCUT2D eigenvalue weighted by atomic mass is 32.2. The Hall–Kier alpha value is -1.49. The highest BCUT2D eigenvalue weighted by Gasteiger charge is 2.06. The second-order valence-corrected chi connectivity index (χ2v) is 2.71. The maximum Gasteiger partial charge on any atom is 0.172 e. The average molecular weight is 231 g/mol. The Bertz CT molecular complexity index is 388. The van der Waals surface area contributed by atoms with E-state index in [4.69, 9.17) is 14.0 Å². The summed E-state index contributed by atoms with van der Waals surface area (Å²) < 4.78 is 35.0. The smallest absolute Gasteiger partial charge is 0.172 e. The molecule has 0 aliphatic heterocycles. The fourth-order valence-corrected chi connectivity index (χ4v) is 0.804. The number of nitrogens with zero attached hydrogens (tertiary/aromatic N) is 1. The van der Waals surface area contributed by atoms with Gasteiger partial charge in [0.15, 0.2) is 11.6 Å². The predicted molar refractivity (Wildman–Crippen MR) is 50.8 cm³/mol. The molecule has 15 heavy (non-hydrogen) atoms. The van der Waals surface area contributed by atoms with E-state index in [9.17, 15) is 4.39 Å². The van der Waals surface area contributed by atoms with E-state index in [-0.39, 0.29) is 11.3 Å².